The first-order valence-electron chi connectivity index (χ1n) is 12.2. The van der Waals surface area contributed by atoms with Crippen molar-refractivity contribution in [1.29, 1.82) is 0 Å². The normalized spacial score (nSPS) is 13.2. The Hall–Kier alpha value is -2.41. The topological polar surface area (TPSA) is 62.0 Å². The van der Waals surface area contributed by atoms with Crippen LogP contribution < -0.4 is 9.21 Å². The second kappa shape index (κ2) is 11.3. The van der Waals surface area contributed by atoms with E-state index < -0.39 is 16.1 Å². The van der Waals surface area contributed by atoms with Gasteiger partial charge in [0.05, 0.1) is 30.2 Å². The number of rotatable bonds is 11. The third kappa shape index (κ3) is 6.59. The minimum Gasteiger partial charge on any atom is -0.385 e. The summed E-state index contributed by atoms with van der Waals surface area (Å²) in [5.74, 6) is 0.984. The van der Waals surface area contributed by atoms with Crippen LogP contribution in [0.2, 0.25) is 0 Å². The first-order valence-corrected chi connectivity index (χ1v) is 13.6. The highest BCUT2D eigenvalue weighted by molar-refractivity contribution is 7.92. The summed E-state index contributed by atoms with van der Waals surface area (Å²) in [6.45, 7) is 13.0. The van der Waals surface area contributed by atoms with Gasteiger partial charge in [0.25, 0.3) is 10.0 Å². The fraction of sp³-hybridized carbons (Fsp3) is 0.429. The van der Waals surface area contributed by atoms with Gasteiger partial charge in [-0.2, -0.15) is 0 Å². The Kier molecular flexibility index (Phi) is 8.74. The highest BCUT2D eigenvalue weighted by Crippen LogP contribution is 2.31. The van der Waals surface area contributed by atoms with Gasteiger partial charge in [-0.3, -0.25) is 4.31 Å². The number of aliphatic hydroxyl groups excluding tert-OH is 1. The Balaban J connectivity index is 2.00. The van der Waals surface area contributed by atoms with Gasteiger partial charge < -0.3 is 10.0 Å². The summed E-state index contributed by atoms with van der Waals surface area (Å²) >= 11 is 0. The molecule has 1 atom stereocenters. The largest absolute Gasteiger partial charge is 0.385 e. The molecule has 0 spiro atoms. The lowest BCUT2D eigenvalue weighted by Gasteiger charge is -2.30. The van der Waals surface area contributed by atoms with Gasteiger partial charge >= 0.3 is 0 Å². The predicted octanol–water partition coefficient (Wildman–Crippen LogP) is 3.90. The van der Waals surface area contributed by atoms with Crippen molar-refractivity contribution >= 4 is 26.5 Å². The molecule has 0 heterocycles. The van der Waals surface area contributed by atoms with Crippen LogP contribution in [0.1, 0.15) is 33.3 Å². The minimum absolute atomic E-state index is 0.00388. The van der Waals surface area contributed by atoms with E-state index in [1.165, 1.54) is 9.21 Å². The summed E-state index contributed by atoms with van der Waals surface area (Å²) < 4.78 is 29.1. The van der Waals surface area contributed by atoms with E-state index in [0.29, 0.717) is 24.1 Å². The van der Waals surface area contributed by atoms with E-state index in [1.54, 1.807) is 12.1 Å². The van der Waals surface area contributed by atoms with Crippen LogP contribution in [0.5, 0.6) is 0 Å². The van der Waals surface area contributed by atoms with Crippen molar-refractivity contribution in [3.05, 3.63) is 72.3 Å². The lowest BCUT2D eigenvalue weighted by atomic mass is 10.1. The lowest BCUT2D eigenvalue weighted by molar-refractivity contribution is -0.909. The second-order valence-electron chi connectivity index (χ2n) is 10.2. The number of hydrogen-bond donors (Lipinski definition) is 2. The zero-order valence-electron chi connectivity index (χ0n) is 21.0. The molecule has 0 aromatic heterocycles. The summed E-state index contributed by atoms with van der Waals surface area (Å²) in [4.78, 5) is 1.52. The predicted molar refractivity (Wildman–Crippen MR) is 141 cm³/mol. The van der Waals surface area contributed by atoms with Crippen LogP contribution >= 0.6 is 0 Å². The minimum atomic E-state index is -3.88. The van der Waals surface area contributed by atoms with Crippen LogP contribution in [-0.4, -0.2) is 45.8 Å². The fourth-order valence-electron chi connectivity index (χ4n) is 4.58. The van der Waals surface area contributed by atoms with Crippen molar-refractivity contribution in [2.24, 2.45) is 11.8 Å². The lowest BCUT2D eigenvalue weighted by Crippen LogP contribution is -3.14. The number of aliphatic hydroxyl groups is 1. The number of nitrogens with one attached hydrogen (secondary N) is 1. The maximum absolute atomic E-state index is 13.9. The number of quaternary nitrogens is 1. The number of hydrogen-bond acceptors (Lipinski definition) is 3. The zero-order valence-corrected chi connectivity index (χ0v) is 21.8. The van der Waals surface area contributed by atoms with Crippen LogP contribution in [0.25, 0.3) is 10.8 Å². The molecule has 3 rings (SSSR count). The second-order valence-corrected chi connectivity index (χ2v) is 12.0. The molecule has 0 bridgehead atoms. The molecule has 0 amide bonds. The van der Waals surface area contributed by atoms with Crippen molar-refractivity contribution in [2.75, 3.05) is 30.5 Å². The fourth-order valence-corrected chi connectivity index (χ4v) is 6.10. The summed E-state index contributed by atoms with van der Waals surface area (Å²) in [6, 6.07) is 20.3. The molecule has 2 N–H and O–H groups in total. The maximum Gasteiger partial charge on any atom is 0.264 e. The molecule has 184 valence electrons. The average Bonchev–Trinajstić information content (AvgIpc) is 2.76. The maximum atomic E-state index is 13.9. The molecule has 3 aromatic rings. The molecular formula is C28H39N2O3S+. The third-order valence-electron chi connectivity index (χ3n) is 5.94. The summed E-state index contributed by atoms with van der Waals surface area (Å²) in [7, 11) is -3.88. The van der Waals surface area contributed by atoms with Crippen LogP contribution in [0.15, 0.2) is 71.6 Å². The first-order chi connectivity index (χ1) is 16.1. The van der Waals surface area contributed by atoms with Crippen LogP contribution in [-0.2, 0) is 10.0 Å². The smallest absolute Gasteiger partial charge is 0.264 e. The summed E-state index contributed by atoms with van der Waals surface area (Å²) in [5, 5.41) is 13.0. The number of aryl methyl sites for hydroxylation is 1. The number of benzene rings is 3. The van der Waals surface area contributed by atoms with Crippen molar-refractivity contribution in [1.82, 2.24) is 0 Å². The van der Waals surface area contributed by atoms with Crippen LogP contribution in [0.4, 0.5) is 5.69 Å². The molecule has 5 nitrogen and oxygen atoms in total. The SMILES string of the molecule is Cc1ccc(S(=O)(=O)N(CC(O)C[NH+](CC(C)C)CC(C)C)c2cccc3ccccc23)cc1. The van der Waals surface area contributed by atoms with Gasteiger partial charge in [-0.1, -0.05) is 81.8 Å². The van der Waals surface area contributed by atoms with E-state index in [2.05, 4.69) is 27.7 Å². The molecular weight excluding hydrogens is 444 g/mol. The first kappa shape index (κ1) is 26.2. The summed E-state index contributed by atoms with van der Waals surface area (Å²) in [6.07, 6.45) is -0.799. The van der Waals surface area contributed by atoms with Crippen molar-refractivity contribution in [3.8, 4) is 0 Å². The van der Waals surface area contributed by atoms with E-state index >= 15 is 0 Å². The van der Waals surface area contributed by atoms with Gasteiger partial charge in [-0.05, 0) is 30.5 Å². The number of nitrogens with zero attached hydrogens (tertiary/aromatic N) is 1. The summed E-state index contributed by atoms with van der Waals surface area (Å²) in [5.41, 5.74) is 1.59. The van der Waals surface area contributed by atoms with E-state index in [9.17, 15) is 13.5 Å². The van der Waals surface area contributed by atoms with Gasteiger partial charge in [0.1, 0.15) is 12.6 Å². The molecule has 0 fully saturated rings. The molecule has 1 unspecified atom stereocenters. The molecule has 3 aromatic carbocycles. The van der Waals surface area contributed by atoms with E-state index in [-0.39, 0.29) is 11.4 Å². The molecule has 0 aliphatic rings. The van der Waals surface area contributed by atoms with E-state index in [4.69, 9.17) is 0 Å². The third-order valence-corrected chi connectivity index (χ3v) is 7.73. The average molecular weight is 484 g/mol. The highest BCUT2D eigenvalue weighted by atomic mass is 32.2. The molecule has 6 heteroatoms. The Labute approximate surface area is 205 Å². The van der Waals surface area contributed by atoms with Crippen molar-refractivity contribution in [3.63, 3.8) is 0 Å². The Morgan fingerprint density at radius 2 is 1.41 bits per heavy atom. The van der Waals surface area contributed by atoms with E-state index in [1.807, 2.05) is 61.5 Å². The van der Waals surface area contributed by atoms with Gasteiger partial charge in [0, 0.05) is 17.2 Å². The number of fused-ring (bicyclic) bond motifs is 1. The van der Waals surface area contributed by atoms with Crippen LogP contribution in [0, 0.1) is 18.8 Å². The van der Waals surface area contributed by atoms with Gasteiger partial charge in [0.2, 0.25) is 0 Å². The quantitative estimate of drug-likeness (QED) is 0.435. The number of sulfonamides is 1. The molecule has 0 aliphatic carbocycles. The monoisotopic (exact) mass is 483 g/mol. The van der Waals surface area contributed by atoms with Crippen LogP contribution in [0.3, 0.4) is 0 Å². The Morgan fingerprint density at radius 3 is 2.03 bits per heavy atom. The van der Waals surface area contributed by atoms with Gasteiger partial charge in [-0.25, -0.2) is 8.42 Å². The molecule has 0 aliphatic heterocycles. The Bertz CT molecular complexity index is 1160. The number of anilines is 1. The molecule has 0 saturated carbocycles. The zero-order chi connectivity index (χ0) is 24.9. The molecule has 0 radical (unpaired) electrons. The van der Waals surface area contributed by atoms with Gasteiger partial charge in [0.15, 0.2) is 0 Å². The van der Waals surface area contributed by atoms with Gasteiger partial charge in [-0.15, -0.1) is 0 Å². The Morgan fingerprint density at radius 1 is 0.824 bits per heavy atom. The standard InChI is InChI=1S/C28H38N2O3S/c1-21(2)17-29(18-22(3)4)19-25(31)20-30(34(32,33)26-15-13-23(5)14-16-26)28-12-8-10-24-9-6-7-11-27(24)28/h6-16,21-22,25,31H,17-20H2,1-5H3/p+1. The van der Waals surface area contributed by atoms with Crippen molar-refractivity contribution in [2.45, 2.75) is 45.6 Å². The highest BCUT2D eigenvalue weighted by Gasteiger charge is 2.30. The van der Waals surface area contributed by atoms with Crippen molar-refractivity contribution < 1.29 is 18.4 Å². The molecule has 0 saturated heterocycles. The molecule has 34 heavy (non-hydrogen) atoms. The van der Waals surface area contributed by atoms with E-state index in [0.717, 1.165) is 29.4 Å².